The molecule has 0 spiro atoms. The summed E-state index contributed by atoms with van der Waals surface area (Å²) in [5.74, 6) is 0.758. The SMILES string of the molecule is CC(Cc1ccc(C(C)(C)C)cc1)CN1CCCCC1.OC(Cc1ccccc1Cl)(Cn1nc[nH]c1=S)C1(Cl)CC1. The first-order valence-corrected chi connectivity index (χ1v) is 16.1. The van der Waals surface area contributed by atoms with Gasteiger partial charge in [-0.3, -0.25) is 0 Å². The topological polar surface area (TPSA) is 57.1 Å². The lowest BCUT2D eigenvalue weighted by Crippen LogP contribution is -2.47. The molecule has 2 heterocycles. The molecule has 2 aliphatic rings. The van der Waals surface area contributed by atoms with Gasteiger partial charge in [-0.15, -0.1) is 11.6 Å². The molecule has 5 rings (SSSR count). The van der Waals surface area contributed by atoms with Gasteiger partial charge < -0.3 is 15.0 Å². The third-order valence-electron chi connectivity index (χ3n) is 8.42. The highest BCUT2D eigenvalue weighted by molar-refractivity contribution is 7.71. The Morgan fingerprint density at radius 2 is 1.71 bits per heavy atom. The van der Waals surface area contributed by atoms with E-state index in [-0.39, 0.29) is 12.0 Å². The Labute approximate surface area is 261 Å². The van der Waals surface area contributed by atoms with E-state index in [4.69, 9.17) is 35.4 Å². The molecule has 1 aliphatic carbocycles. The molecular weight excluding hydrogens is 571 g/mol. The van der Waals surface area contributed by atoms with Gasteiger partial charge in [0.25, 0.3) is 0 Å². The Balaban J connectivity index is 0.000000189. The third kappa shape index (κ3) is 8.90. The maximum Gasteiger partial charge on any atom is 0.195 e. The molecule has 5 nitrogen and oxygen atoms in total. The first-order chi connectivity index (χ1) is 19.4. The average Bonchev–Trinajstić information content (AvgIpc) is 3.57. The number of halogens is 2. The van der Waals surface area contributed by atoms with Gasteiger partial charge in [0, 0.05) is 18.0 Å². The first-order valence-electron chi connectivity index (χ1n) is 15.0. The van der Waals surface area contributed by atoms with Crippen LogP contribution in [0.1, 0.15) is 76.5 Å². The van der Waals surface area contributed by atoms with Crippen molar-refractivity contribution in [2.24, 2.45) is 5.92 Å². The van der Waals surface area contributed by atoms with Crippen LogP contribution in [0, 0.1) is 10.7 Å². The fraction of sp³-hybridized carbons (Fsp3) is 0.576. The summed E-state index contributed by atoms with van der Waals surface area (Å²) in [6.45, 7) is 13.4. The lowest BCUT2D eigenvalue weighted by Gasteiger charge is -2.33. The molecule has 1 aliphatic heterocycles. The number of benzene rings is 2. The number of alkyl halides is 1. The minimum absolute atomic E-state index is 0.240. The number of aliphatic hydroxyl groups is 1. The van der Waals surface area contributed by atoms with Crippen LogP contribution in [0.5, 0.6) is 0 Å². The van der Waals surface area contributed by atoms with Crippen molar-refractivity contribution in [3.63, 3.8) is 0 Å². The van der Waals surface area contributed by atoms with E-state index >= 15 is 0 Å². The number of hydrogen-bond donors (Lipinski definition) is 2. The molecule has 0 radical (unpaired) electrons. The van der Waals surface area contributed by atoms with Crippen molar-refractivity contribution >= 4 is 35.4 Å². The summed E-state index contributed by atoms with van der Waals surface area (Å²) in [7, 11) is 0. The van der Waals surface area contributed by atoms with Crippen LogP contribution >= 0.6 is 35.4 Å². The summed E-state index contributed by atoms with van der Waals surface area (Å²) in [4.78, 5) is 4.84. The third-order valence-corrected chi connectivity index (χ3v) is 9.84. The fourth-order valence-electron chi connectivity index (χ4n) is 5.72. The molecule has 8 heteroatoms. The summed E-state index contributed by atoms with van der Waals surface area (Å²) >= 11 is 17.9. The van der Waals surface area contributed by atoms with E-state index in [2.05, 4.69) is 66.9 Å². The molecule has 1 saturated heterocycles. The number of hydrogen-bond acceptors (Lipinski definition) is 4. The number of piperidine rings is 1. The summed E-state index contributed by atoms with van der Waals surface area (Å²) in [5.41, 5.74) is 2.91. The molecule has 2 N–H and O–H groups in total. The first kappa shape index (κ1) is 32.2. The van der Waals surface area contributed by atoms with Crippen molar-refractivity contribution in [2.75, 3.05) is 19.6 Å². The van der Waals surface area contributed by atoms with Gasteiger partial charge in [0.1, 0.15) is 11.9 Å². The van der Waals surface area contributed by atoms with Crippen LogP contribution in [0.25, 0.3) is 0 Å². The number of rotatable bonds is 9. The molecule has 2 unspecified atom stereocenters. The van der Waals surface area contributed by atoms with Crippen molar-refractivity contribution < 1.29 is 5.11 Å². The van der Waals surface area contributed by atoms with Crippen LogP contribution in [0.15, 0.2) is 54.9 Å². The second kappa shape index (κ2) is 13.7. The monoisotopic (exact) mass is 616 g/mol. The van der Waals surface area contributed by atoms with Crippen molar-refractivity contribution in [1.82, 2.24) is 19.7 Å². The van der Waals surface area contributed by atoms with Crippen molar-refractivity contribution in [1.29, 1.82) is 0 Å². The zero-order chi connectivity index (χ0) is 29.7. The van der Waals surface area contributed by atoms with E-state index in [1.54, 1.807) is 4.68 Å². The molecule has 224 valence electrons. The summed E-state index contributed by atoms with van der Waals surface area (Å²) in [6, 6.07) is 16.7. The van der Waals surface area contributed by atoms with Crippen molar-refractivity contribution in [3.05, 3.63) is 81.3 Å². The molecule has 2 atom stereocenters. The van der Waals surface area contributed by atoms with Crippen LogP contribution < -0.4 is 0 Å². The predicted molar refractivity (Wildman–Crippen MR) is 174 cm³/mol. The minimum atomic E-state index is -1.15. The molecule has 2 aromatic carbocycles. The van der Waals surface area contributed by atoms with Gasteiger partial charge in [-0.1, -0.05) is 88.2 Å². The minimum Gasteiger partial charge on any atom is -0.386 e. The van der Waals surface area contributed by atoms with E-state index in [0.717, 1.165) is 24.3 Å². The number of H-pyrrole nitrogens is 1. The van der Waals surface area contributed by atoms with Crippen LogP contribution in [0.2, 0.25) is 5.02 Å². The highest BCUT2D eigenvalue weighted by Crippen LogP contribution is 2.53. The van der Waals surface area contributed by atoms with Crippen molar-refractivity contribution in [3.8, 4) is 0 Å². The second-order valence-electron chi connectivity index (χ2n) is 13.1. The number of aromatic amines is 1. The van der Waals surface area contributed by atoms with Gasteiger partial charge in [0.15, 0.2) is 4.77 Å². The molecule has 3 aromatic rings. The Morgan fingerprint density at radius 3 is 2.27 bits per heavy atom. The molecule has 2 fully saturated rings. The molecule has 0 bridgehead atoms. The summed E-state index contributed by atoms with van der Waals surface area (Å²) < 4.78 is 2.03. The van der Waals surface area contributed by atoms with Gasteiger partial charge in [-0.25, -0.2) is 4.68 Å². The molecule has 1 saturated carbocycles. The zero-order valence-corrected chi connectivity index (χ0v) is 27.3. The van der Waals surface area contributed by atoms with E-state index < -0.39 is 10.5 Å². The maximum absolute atomic E-state index is 11.2. The van der Waals surface area contributed by atoms with Gasteiger partial charge in [0.05, 0.1) is 11.4 Å². The van der Waals surface area contributed by atoms with Gasteiger partial charge in [-0.2, -0.15) is 5.10 Å². The van der Waals surface area contributed by atoms with E-state index in [0.29, 0.717) is 16.2 Å². The van der Waals surface area contributed by atoms with Crippen LogP contribution in [0.4, 0.5) is 0 Å². The molecular formula is C33H46Cl2N4OS. The smallest absolute Gasteiger partial charge is 0.195 e. The average molecular weight is 618 g/mol. The number of nitrogens with zero attached hydrogens (tertiary/aromatic N) is 3. The van der Waals surface area contributed by atoms with E-state index in [1.807, 2.05) is 24.3 Å². The second-order valence-corrected chi connectivity index (χ2v) is 14.7. The van der Waals surface area contributed by atoms with Gasteiger partial charge >= 0.3 is 0 Å². The largest absolute Gasteiger partial charge is 0.386 e. The fourth-order valence-corrected chi connectivity index (χ4v) is 6.31. The van der Waals surface area contributed by atoms with Crippen LogP contribution in [0.3, 0.4) is 0 Å². The van der Waals surface area contributed by atoms with Crippen LogP contribution in [-0.2, 0) is 24.8 Å². The highest BCUT2D eigenvalue weighted by Gasteiger charge is 2.58. The van der Waals surface area contributed by atoms with Crippen molar-refractivity contribution in [2.45, 2.75) is 95.1 Å². The summed E-state index contributed by atoms with van der Waals surface area (Å²) in [6.07, 6.45) is 8.84. The number of aromatic nitrogens is 3. The lowest BCUT2D eigenvalue weighted by molar-refractivity contribution is 0.00728. The Kier molecular flexibility index (Phi) is 10.8. The van der Waals surface area contributed by atoms with Gasteiger partial charge in [-0.05, 0) is 91.5 Å². The normalized spacial score (nSPS) is 19.1. The van der Waals surface area contributed by atoms with E-state index in [1.165, 1.54) is 62.8 Å². The van der Waals surface area contributed by atoms with Crippen LogP contribution in [-0.4, -0.2) is 54.9 Å². The van der Waals surface area contributed by atoms with Gasteiger partial charge in [0.2, 0.25) is 0 Å². The summed E-state index contributed by atoms with van der Waals surface area (Å²) in [5, 5.41) is 15.9. The Hall–Kier alpha value is -1.70. The number of likely N-dealkylation sites (tertiary alicyclic amines) is 1. The predicted octanol–water partition coefficient (Wildman–Crippen LogP) is 7.99. The zero-order valence-electron chi connectivity index (χ0n) is 25.0. The highest BCUT2D eigenvalue weighted by atomic mass is 35.5. The Bertz CT molecular complexity index is 1310. The lowest BCUT2D eigenvalue weighted by atomic mass is 9.86. The van der Waals surface area contributed by atoms with E-state index in [9.17, 15) is 5.11 Å². The molecule has 1 aromatic heterocycles. The number of nitrogens with one attached hydrogen (secondary N) is 1. The quantitative estimate of drug-likeness (QED) is 0.189. The molecule has 41 heavy (non-hydrogen) atoms. The Morgan fingerprint density at radius 1 is 1.05 bits per heavy atom. The standard InChI is InChI=1S/C19H31N.C14H15Cl2N3OS/c1-16(15-20-12-6-5-7-13-20)14-17-8-10-18(11-9-17)19(2,3)4;15-11-4-2-1-3-10(11)7-14(20,13(16)5-6-13)8-19-12(21)17-9-18-19/h8-11,16H,5-7,12-15H2,1-4H3;1-4,9,20H,5-8H2,(H,17,18,21). The molecule has 0 amide bonds. The maximum atomic E-state index is 11.2.